The van der Waals surface area contributed by atoms with Crippen LogP contribution in [0.15, 0.2) is 89.0 Å². The molecule has 4 aliphatic rings. The number of hydrogen-bond acceptors (Lipinski definition) is 9. The zero-order valence-corrected chi connectivity index (χ0v) is 22.9. The second-order valence-corrected chi connectivity index (χ2v) is 13.7. The molecule has 0 aromatic heterocycles. The summed E-state index contributed by atoms with van der Waals surface area (Å²) in [5.41, 5.74) is 2.11. The molecule has 41 heavy (non-hydrogen) atoms. The van der Waals surface area contributed by atoms with E-state index in [1.54, 1.807) is 36.4 Å². The minimum Gasteiger partial charge on any atom is -0.290 e. The van der Waals surface area contributed by atoms with Gasteiger partial charge in [-0.2, -0.15) is 17.9 Å². The van der Waals surface area contributed by atoms with Crippen molar-refractivity contribution in [3.05, 3.63) is 84.6 Å². The quantitative estimate of drug-likeness (QED) is 0.472. The number of hydrogen-bond donors (Lipinski definition) is 0. The third kappa shape index (κ3) is 4.28. The van der Waals surface area contributed by atoms with Gasteiger partial charge in [-0.05, 0) is 46.5 Å². The number of hydrazone groups is 1. The smallest absolute Gasteiger partial charge is 0.279 e. The van der Waals surface area contributed by atoms with E-state index in [-0.39, 0.29) is 4.90 Å². The van der Waals surface area contributed by atoms with Crippen LogP contribution < -0.4 is 0 Å². The SMILES string of the molecule is CS(=O)(=O)N1C=C(c2ccc(-c3cccc(S(=O)(=O)N4N=CC5C(=O)C(=O)C=CC54)c3)cc2)C2C(=O)C(=O)C=CC21. The number of ketones is 4. The van der Waals surface area contributed by atoms with Crippen LogP contribution >= 0.6 is 0 Å². The molecule has 11 nitrogen and oxygen atoms in total. The lowest BCUT2D eigenvalue weighted by Crippen LogP contribution is -2.42. The van der Waals surface area contributed by atoms with Gasteiger partial charge in [0.25, 0.3) is 10.0 Å². The van der Waals surface area contributed by atoms with E-state index in [2.05, 4.69) is 5.10 Å². The Kier molecular flexibility index (Phi) is 6.05. The van der Waals surface area contributed by atoms with Crippen molar-refractivity contribution in [2.75, 3.05) is 6.26 Å². The molecule has 2 aromatic carbocycles. The van der Waals surface area contributed by atoms with Crippen LogP contribution in [0.5, 0.6) is 0 Å². The molecule has 2 aliphatic carbocycles. The van der Waals surface area contributed by atoms with Crippen LogP contribution in [0, 0.1) is 11.8 Å². The molecule has 0 saturated heterocycles. The first-order valence-corrected chi connectivity index (χ1v) is 15.7. The van der Waals surface area contributed by atoms with Gasteiger partial charge in [0, 0.05) is 12.4 Å². The van der Waals surface area contributed by atoms with Gasteiger partial charge in [0.15, 0.2) is 0 Å². The molecule has 13 heteroatoms. The average Bonchev–Trinajstić information content (AvgIpc) is 3.56. The summed E-state index contributed by atoms with van der Waals surface area (Å²) in [6, 6.07) is 11.1. The van der Waals surface area contributed by atoms with Gasteiger partial charge in [-0.25, -0.2) is 8.42 Å². The largest absolute Gasteiger partial charge is 0.290 e. The van der Waals surface area contributed by atoms with Crippen LogP contribution in [-0.4, -0.2) is 73.2 Å². The maximum Gasteiger partial charge on any atom is 0.279 e. The maximum atomic E-state index is 13.4. The molecule has 4 atom stereocenters. The lowest BCUT2D eigenvalue weighted by molar-refractivity contribution is -0.136. The van der Waals surface area contributed by atoms with E-state index in [9.17, 15) is 36.0 Å². The maximum absolute atomic E-state index is 13.4. The van der Waals surface area contributed by atoms with Gasteiger partial charge in [0.05, 0.1) is 35.1 Å². The zero-order chi connectivity index (χ0) is 29.3. The van der Waals surface area contributed by atoms with Crippen LogP contribution in [0.25, 0.3) is 16.7 Å². The van der Waals surface area contributed by atoms with Crippen molar-refractivity contribution in [1.82, 2.24) is 8.72 Å². The van der Waals surface area contributed by atoms with Gasteiger partial charge in [0.1, 0.15) is 0 Å². The van der Waals surface area contributed by atoms with Crippen LogP contribution in [0.4, 0.5) is 0 Å². The molecule has 0 fully saturated rings. The molecule has 6 rings (SSSR count). The van der Waals surface area contributed by atoms with Crippen LogP contribution in [-0.2, 0) is 39.2 Å². The minimum atomic E-state index is -4.17. The molecule has 2 heterocycles. The van der Waals surface area contributed by atoms with Gasteiger partial charge < -0.3 is 0 Å². The lowest BCUT2D eigenvalue weighted by Gasteiger charge is -2.27. The standard InChI is InChI=1S/C28H21N3O8S2/c1-40(36,37)30-15-21(26-23(30)10-12-25(33)28(26)35)17-7-5-16(6-8-17)18-3-2-4-19(13-18)41(38,39)31-22-9-11-24(32)27(34)20(22)14-29-31/h2-15,20,22-23,26H,1H3. The van der Waals surface area contributed by atoms with Gasteiger partial charge in [-0.1, -0.05) is 48.6 Å². The van der Waals surface area contributed by atoms with Gasteiger partial charge in [-0.3, -0.25) is 23.5 Å². The molecule has 0 N–H and O–H groups in total. The molecule has 2 aromatic rings. The first-order valence-electron chi connectivity index (χ1n) is 12.4. The van der Waals surface area contributed by atoms with Crippen molar-refractivity contribution in [1.29, 1.82) is 0 Å². The number of carbonyl (C=O) groups is 4. The fourth-order valence-corrected chi connectivity index (χ4v) is 7.81. The summed E-state index contributed by atoms with van der Waals surface area (Å²) >= 11 is 0. The Balaban J connectivity index is 1.31. The number of rotatable bonds is 5. The summed E-state index contributed by atoms with van der Waals surface area (Å²) in [4.78, 5) is 48.6. The monoisotopic (exact) mass is 591 g/mol. The Bertz CT molecular complexity index is 1890. The van der Waals surface area contributed by atoms with Crippen molar-refractivity contribution in [3.63, 3.8) is 0 Å². The fourth-order valence-electron chi connectivity index (χ4n) is 5.43. The summed E-state index contributed by atoms with van der Waals surface area (Å²) in [6.45, 7) is 0. The number of benzene rings is 2. The highest BCUT2D eigenvalue weighted by atomic mass is 32.2. The third-order valence-corrected chi connectivity index (χ3v) is 10.3. The predicted octanol–water partition coefficient (Wildman–Crippen LogP) is 1.35. The van der Waals surface area contributed by atoms with Crippen molar-refractivity contribution in [2.45, 2.75) is 17.0 Å². The summed E-state index contributed by atoms with van der Waals surface area (Å²) in [6.07, 6.45) is 8.49. The normalized spacial score (nSPS) is 25.5. The molecular weight excluding hydrogens is 570 g/mol. The number of sulfonamides is 2. The second kappa shape index (κ2) is 9.28. The minimum absolute atomic E-state index is 0.0714. The number of fused-ring (bicyclic) bond motifs is 2. The van der Waals surface area contributed by atoms with Crippen molar-refractivity contribution < 1.29 is 36.0 Å². The predicted molar refractivity (Wildman–Crippen MR) is 147 cm³/mol. The zero-order valence-electron chi connectivity index (χ0n) is 21.3. The Labute approximate surface area is 235 Å². The molecular formula is C28H21N3O8S2. The van der Waals surface area contributed by atoms with E-state index in [0.29, 0.717) is 22.3 Å². The molecule has 4 unspecified atom stereocenters. The van der Waals surface area contributed by atoms with Crippen molar-refractivity contribution >= 4 is 55.0 Å². The van der Waals surface area contributed by atoms with Crippen LogP contribution in [0.1, 0.15) is 5.56 Å². The molecule has 0 radical (unpaired) electrons. The molecule has 0 bridgehead atoms. The van der Waals surface area contributed by atoms with E-state index in [1.807, 2.05) is 0 Å². The van der Waals surface area contributed by atoms with E-state index in [4.69, 9.17) is 0 Å². The molecule has 0 amide bonds. The molecule has 208 valence electrons. The summed E-state index contributed by atoms with van der Waals surface area (Å²) < 4.78 is 53.5. The highest BCUT2D eigenvalue weighted by Crippen LogP contribution is 2.40. The topological polar surface area (TPSA) is 155 Å². The lowest BCUT2D eigenvalue weighted by atomic mass is 9.82. The van der Waals surface area contributed by atoms with Crippen molar-refractivity contribution in [2.24, 2.45) is 16.9 Å². The number of carbonyl (C=O) groups excluding carboxylic acids is 4. The Morgan fingerprint density at radius 2 is 1.39 bits per heavy atom. The Morgan fingerprint density at radius 1 is 0.756 bits per heavy atom. The molecule has 0 spiro atoms. The second-order valence-electron chi connectivity index (χ2n) is 9.98. The third-order valence-electron chi connectivity index (χ3n) is 7.47. The highest BCUT2D eigenvalue weighted by Gasteiger charge is 2.47. The number of nitrogens with zero attached hydrogens (tertiary/aromatic N) is 3. The van der Waals surface area contributed by atoms with E-state index >= 15 is 0 Å². The summed E-state index contributed by atoms with van der Waals surface area (Å²) in [7, 11) is -7.89. The van der Waals surface area contributed by atoms with E-state index in [1.165, 1.54) is 36.7 Å². The van der Waals surface area contributed by atoms with Gasteiger partial charge in [0.2, 0.25) is 33.2 Å². The highest BCUT2D eigenvalue weighted by molar-refractivity contribution is 7.89. The number of Topliss-reactive ketones (excluding diaryl/α,β-unsaturated/α-hetero) is 2. The Hall–Kier alpha value is -4.49. The van der Waals surface area contributed by atoms with E-state index < -0.39 is 67.1 Å². The summed E-state index contributed by atoms with van der Waals surface area (Å²) in [5, 5.41) is 3.93. The van der Waals surface area contributed by atoms with Crippen LogP contribution in [0.3, 0.4) is 0 Å². The molecule has 2 aliphatic heterocycles. The first-order chi connectivity index (χ1) is 19.4. The Morgan fingerprint density at radius 3 is 2.07 bits per heavy atom. The van der Waals surface area contributed by atoms with Crippen molar-refractivity contribution in [3.8, 4) is 11.1 Å². The van der Waals surface area contributed by atoms with E-state index in [0.717, 1.165) is 27.1 Å². The fraction of sp³-hybridized carbons (Fsp3) is 0.179. The van der Waals surface area contributed by atoms with Gasteiger partial charge >= 0.3 is 0 Å². The number of allylic oxidation sites excluding steroid dienone is 2. The van der Waals surface area contributed by atoms with Gasteiger partial charge in [-0.15, -0.1) is 0 Å². The molecule has 0 saturated carbocycles. The average molecular weight is 592 g/mol. The summed E-state index contributed by atoms with van der Waals surface area (Å²) in [5.74, 6) is -4.75. The van der Waals surface area contributed by atoms with Crippen LogP contribution in [0.2, 0.25) is 0 Å². The first kappa shape index (κ1) is 26.7.